The van der Waals surface area contributed by atoms with E-state index in [1.807, 2.05) is 76.7 Å². The first kappa shape index (κ1) is 16.7. The summed E-state index contributed by atoms with van der Waals surface area (Å²) in [6.07, 6.45) is 1.81. The molecule has 3 aromatic rings. The Balaban J connectivity index is 1.82. The number of carbonyl (C=O) groups is 1. The molecule has 6 heteroatoms. The highest BCUT2D eigenvalue weighted by molar-refractivity contribution is 7.07. The van der Waals surface area contributed by atoms with Gasteiger partial charge in [0.25, 0.3) is 0 Å². The molecule has 1 heterocycles. The highest BCUT2D eigenvalue weighted by atomic mass is 32.1. The van der Waals surface area contributed by atoms with Crippen molar-refractivity contribution in [3.63, 3.8) is 0 Å². The van der Waals surface area contributed by atoms with Crippen LogP contribution in [0.5, 0.6) is 0 Å². The Kier molecular flexibility index (Phi) is 5.43. The molecule has 2 aromatic carbocycles. The van der Waals surface area contributed by atoms with E-state index in [2.05, 4.69) is 22.4 Å². The van der Waals surface area contributed by atoms with E-state index in [-0.39, 0.29) is 6.03 Å². The number of urea groups is 1. The van der Waals surface area contributed by atoms with Crippen molar-refractivity contribution in [3.05, 3.63) is 83.5 Å². The summed E-state index contributed by atoms with van der Waals surface area (Å²) in [6, 6.07) is 18.9. The van der Waals surface area contributed by atoms with Gasteiger partial charge in [-0.25, -0.2) is 10.2 Å². The van der Waals surface area contributed by atoms with Gasteiger partial charge in [-0.2, -0.15) is 0 Å². The van der Waals surface area contributed by atoms with Crippen molar-refractivity contribution in [1.29, 1.82) is 0 Å². The number of anilines is 1. The second kappa shape index (κ2) is 8.12. The minimum Gasteiger partial charge on any atom is -0.311 e. The molecule has 2 N–H and O–H groups in total. The highest BCUT2D eigenvalue weighted by Crippen LogP contribution is 2.19. The van der Waals surface area contributed by atoms with Crippen LogP contribution in [0.1, 0.15) is 0 Å². The molecule has 0 radical (unpaired) electrons. The lowest BCUT2D eigenvalue weighted by Gasteiger charge is -2.07. The summed E-state index contributed by atoms with van der Waals surface area (Å²) >= 11 is 1.47. The Morgan fingerprint density at radius 1 is 1.12 bits per heavy atom. The fraction of sp³-hybridized carbons (Fsp3) is 0.0526. The molecule has 0 unspecified atom stereocenters. The minimum atomic E-state index is -0.383. The number of carbonyl (C=O) groups excluding carboxylic acids is 1. The standard InChI is InChI=1S/C19H18N4OS/c1-2-13-23-17(15-9-5-3-6-10-15)14-25-19(23)22-21-18(24)20-16-11-7-4-8-12-16/h2-12,14H,1,13H2,(H2,20,21,24). The molecular weight excluding hydrogens is 332 g/mol. The molecule has 0 atom stereocenters. The molecule has 0 aliphatic carbocycles. The van der Waals surface area contributed by atoms with Gasteiger partial charge < -0.3 is 9.88 Å². The molecule has 0 saturated heterocycles. The molecule has 0 aliphatic rings. The van der Waals surface area contributed by atoms with Crippen molar-refractivity contribution in [2.24, 2.45) is 5.10 Å². The summed E-state index contributed by atoms with van der Waals surface area (Å²) in [5.74, 6) is 0. The van der Waals surface area contributed by atoms with Gasteiger partial charge in [0, 0.05) is 17.6 Å². The van der Waals surface area contributed by atoms with Crippen LogP contribution in [0.25, 0.3) is 11.3 Å². The predicted molar refractivity (Wildman–Crippen MR) is 102 cm³/mol. The van der Waals surface area contributed by atoms with E-state index in [1.54, 1.807) is 0 Å². The number of benzene rings is 2. The van der Waals surface area contributed by atoms with Crippen LogP contribution in [0.2, 0.25) is 0 Å². The van der Waals surface area contributed by atoms with Gasteiger partial charge in [0.1, 0.15) is 0 Å². The van der Waals surface area contributed by atoms with E-state index in [1.165, 1.54) is 11.3 Å². The Hall–Kier alpha value is -3.12. The molecular formula is C19H18N4OS. The van der Waals surface area contributed by atoms with Crippen molar-refractivity contribution in [2.75, 3.05) is 5.32 Å². The molecule has 1 aromatic heterocycles. The van der Waals surface area contributed by atoms with Crippen LogP contribution in [0.15, 0.2) is 83.8 Å². The average molecular weight is 350 g/mol. The maximum atomic E-state index is 12.0. The van der Waals surface area contributed by atoms with Crippen LogP contribution < -0.4 is 15.5 Å². The molecule has 2 amide bonds. The van der Waals surface area contributed by atoms with Crippen molar-refractivity contribution in [1.82, 2.24) is 9.99 Å². The van der Waals surface area contributed by atoms with Gasteiger partial charge in [0.05, 0.1) is 5.69 Å². The van der Waals surface area contributed by atoms with Crippen LogP contribution in [-0.4, -0.2) is 10.6 Å². The number of hydrogen-bond donors (Lipinski definition) is 2. The molecule has 0 fully saturated rings. The topological polar surface area (TPSA) is 58.4 Å². The number of amides is 2. The maximum absolute atomic E-state index is 12.0. The van der Waals surface area contributed by atoms with E-state index >= 15 is 0 Å². The maximum Gasteiger partial charge on any atom is 0.339 e. The van der Waals surface area contributed by atoms with Crippen molar-refractivity contribution in [2.45, 2.75) is 6.54 Å². The molecule has 0 bridgehead atoms. The van der Waals surface area contributed by atoms with Gasteiger partial charge >= 0.3 is 6.03 Å². The molecule has 25 heavy (non-hydrogen) atoms. The first-order chi connectivity index (χ1) is 12.3. The third kappa shape index (κ3) is 4.24. The Morgan fingerprint density at radius 2 is 1.80 bits per heavy atom. The number of rotatable bonds is 5. The van der Waals surface area contributed by atoms with E-state index in [4.69, 9.17) is 0 Å². The zero-order valence-corrected chi connectivity index (χ0v) is 14.4. The third-order valence-electron chi connectivity index (χ3n) is 3.46. The zero-order valence-electron chi connectivity index (χ0n) is 13.6. The van der Waals surface area contributed by atoms with Gasteiger partial charge in [-0.15, -0.1) is 23.0 Å². The fourth-order valence-electron chi connectivity index (χ4n) is 2.34. The highest BCUT2D eigenvalue weighted by Gasteiger charge is 2.07. The molecule has 3 rings (SSSR count). The third-order valence-corrected chi connectivity index (χ3v) is 4.33. The van der Waals surface area contributed by atoms with Crippen molar-refractivity contribution < 1.29 is 4.79 Å². The minimum absolute atomic E-state index is 0.383. The molecule has 0 spiro atoms. The van der Waals surface area contributed by atoms with E-state index < -0.39 is 0 Å². The molecule has 0 saturated carbocycles. The van der Waals surface area contributed by atoms with Gasteiger partial charge in [0.2, 0.25) is 4.80 Å². The number of nitrogens with zero attached hydrogens (tertiary/aromatic N) is 2. The van der Waals surface area contributed by atoms with Crippen LogP contribution in [0.3, 0.4) is 0 Å². The fourth-order valence-corrected chi connectivity index (χ4v) is 3.22. The van der Waals surface area contributed by atoms with Crippen LogP contribution in [0, 0.1) is 0 Å². The summed E-state index contributed by atoms with van der Waals surface area (Å²) in [6.45, 7) is 4.41. The zero-order chi connectivity index (χ0) is 17.5. The normalized spacial score (nSPS) is 11.1. The summed E-state index contributed by atoms with van der Waals surface area (Å²) in [4.78, 5) is 12.7. The first-order valence-corrected chi connectivity index (χ1v) is 8.66. The van der Waals surface area contributed by atoms with Gasteiger partial charge in [-0.05, 0) is 17.7 Å². The number of thiazole rings is 1. The Labute approximate surface area is 150 Å². The molecule has 5 nitrogen and oxygen atoms in total. The van der Waals surface area contributed by atoms with E-state index in [0.29, 0.717) is 17.0 Å². The lowest BCUT2D eigenvalue weighted by Crippen LogP contribution is -2.28. The van der Waals surface area contributed by atoms with Crippen LogP contribution in [0.4, 0.5) is 10.5 Å². The number of hydrogen-bond acceptors (Lipinski definition) is 3. The van der Waals surface area contributed by atoms with Gasteiger partial charge in [0.15, 0.2) is 0 Å². The van der Waals surface area contributed by atoms with Crippen LogP contribution in [-0.2, 0) is 6.54 Å². The molecule has 0 aliphatic heterocycles. The number of allylic oxidation sites excluding steroid dienone is 1. The van der Waals surface area contributed by atoms with Gasteiger partial charge in [-0.1, -0.05) is 54.6 Å². The van der Waals surface area contributed by atoms with Crippen LogP contribution >= 0.6 is 11.3 Å². The van der Waals surface area contributed by atoms with Gasteiger partial charge in [-0.3, -0.25) is 0 Å². The largest absolute Gasteiger partial charge is 0.339 e. The monoisotopic (exact) mass is 350 g/mol. The number of nitrogens with one attached hydrogen (secondary N) is 2. The lowest BCUT2D eigenvalue weighted by atomic mass is 10.2. The van der Waals surface area contributed by atoms with E-state index in [0.717, 1.165) is 11.3 Å². The smallest absolute Gasteiger partial charge is 0.311 e. The summed E-state index contributed by atoms with van der Waals surface area (Å²) in [5.41, 5.74) is 5.38. The Morgan fingerprint density at radius 3 is 2.48 bits per heavy atom. The second-order valence-electron chi connectivity index (χ2n) is 5.21. The summed E-state index contributed by atoms with van der Waals surface area (Å²) in [7, 11) is 0. The lowest BCUT2D eigenvalue weighted by molar-refractivity contribution is 0.252. The van der Waals surface area contributed by atoms with Crippen molar-refractivity contribution >= 4 is 23.1 Å². The van der Waals surface area contributed by atoms with E-state index in [9.17, 15) is 4.79 Å². The first-order valence-electron chi connectivity index (χ1n) is 7.78. The quantitative estimate of drug-likeness (QED) is 0.529. The van der Waals surface area contributed by atoms with Crippen molar-refractivity contribution in [3.8, 4) is 11.3 Å². The SMILES string of the molecule is C=CCn1c(-c2ccccc2)csc1=NNC(=O)Nc1ccccc1. The number of para-hydroxylation sites is 1. The summed E-state index contributed by atoms with van der Waals surface area (Å²) in [5, 5.41) is 8.99. The average Bonchev–Trinajstić information content (AvgIpc) is 3.05. The summed E-state index contributed by atoms with van der Waals surface area (Å²) < 4.78 is 2.01. The second-order valence-corrected chi connectivity index (χ2v) is 6.05. The molecule has 126 valence electrons. The Bertz CT molecular complexity index is 913. The predicted octanol–water partition coefficient (Wildman–Crippen LogP) is 4.04. The number of aromatic nitrogens is 1.